The van der Waals surface area contributed by atoms with E-state index in [1.807, 2.05) is 0 Å². The summed E-state index contributed by atoms with van der Waals surface area (Å²) < 4.78 is 0. The summed E-state index contributed by atoms with van der Waals surface area (Å²) in [6.07, 6.45) is 1.18. The molecule has 0 aromatic heterocycles. The summed E-state index contributed by atoms with van der Waals surface area (Å²) in [5.41, 5.74) is 0.737. The number of hydrogen-bond acceptors (Lipinski definition) is 2. The van der Waals surface area contributed by atoms with Gasteiger partial charge in [-0.25, -0.2) is 9.59 Å². The van der Waals surface area contributed by atoms with E-state index >= 15 is 0 Å². The Labute approximate surface area is 132 Å². The standard InChI is InChI=1S/C14H16Cl2N2O3/c1-8(10-5-4-9(15)7-11(10)16)17-14(21)18-6-2-3-12(18)13(19)20/h4-5,7-8,12H,2-3,6H2,1H3,(H,17,21)(H,19,20). The van der Waals surface area contributed by atoms with Crippen LogP contribution < -0.4 is 5.32 Å². The van der Waals surface area contributed by atoms with Crippen LogP contribution in [-0.2, 0) is 4.79 Å². The van der Waals surface area contributed by atoms with Crippen molar-refractivity contribution in [2.75, 3.05) is 6.54 Å². The van der Waals surface area contributed by atoms with Crippen LogP contribution in [0.2, 0.25) is 10.0 Å². The zero-order chi connectivity index (χ0) is 15.6. The minimum Gasteiger partial charge on any atom is -0.480 e. The fraction of sp³-hybridized carbons (Fsp3) is 0.429. The number of nitrogens with zero attached hydrogens (tertiary/aromatic N) is 1. The van der Waals surface area contributed by atoms with E-state index < -0.39 is 18.0 Å². The minimum absolute atomic E-state index is 0.336. The van der Waals surface area contributed by atoms with Crippen molar-refractivity contribution in [3.63, 3.8) is 0 Å². The van der Waals surface area contributed by atoms with E-state index in [0.29, 0.717) is 29.4 Å². The van der Waals surface area contributed by atoms with Crippen molar-refractivity contribution in [3.8, 4) is 0 Å². The van der Waals surface area contributed by atoms with E-state index in [1.165, 1.54) is 4.90 Å². The summed E-state index contributed by atoms with van der Waals surface area (Å²) in [5, 5.41) is 12.9. The molecule has 5 nitrogen and oxygen atoms in total. The largest absolute Gasteiger partial charge is 0.480 e. The molecule has 2 unspecified atom stereocenters. The van der Waals surface area contributed by atoms with Crippen LogP contribution in [0.15, 0.2) is 18.2 Å². The lowest BCUT2D eigenvalue weighted by Gasteiger charge is -2.25. The fourth-order valence-corrected chi connectivity index (χ4v) is 3.04. The van der Waals surface area contributed by atoms with Gasteiger partial charge in [-0.05, 0) is 37.5 Å². The van der Waals surface area contributed by atoms with Gasteiger partial charge in [-0.2, -0.15) is 0 Å². The van der Waals surface area contributed by atoms with Crippen LogP contribution in [0.1, 0.15) is 31.4 Å². The van der Waals surface area contributed by atoms with Crippen molar-refractivity contribution in [1.29, 1.82) is 0 Å². The van der Waals surface area contributed by atoms with Gasteiger partial charge in [0.25, 0.3) is 0 Å². The third-order valence-corrected chi connectivity index (χ3v) is 4.13. The van der Waals surface area contributed by atoms with Crippen LogP contribution in [-0.4, -0.2) is 34.6 Å². The number of nitrogens with one attached hydrogen (secondary N) is 1. The lowest BCUT2D eigenvalue weighted by atomic mass is 10.1. The van der Waals surface area contributed by atoms with Crippen molar-refractivity contribution >= 4 is 35.2 Å². The molecule has 21 heavy (non-hydrogen) atoms. The normalized spacial score (nSPS) is 19.4. The van der Waals surface area contributed by atoms with E-state index in [-0.39, 0.29) is 6.04 Å². The lowest BCUT2D eigenvalue weighted by Crippen LogP contribution is -2.46. The molecule has 0 radical (unpaired) electrons. The zero-order valence-electron chi connectivity index (χ0n) is 11.5. The highest BCUT2D eigenvalue weighted by Crippen LogP contribution is 2.26. The smallest absolute Gasteiger partial charge is 0.326 e. The maximum atomic E-state index is 12.2. The fourth-order valence-electron chi connectivity index (χ4n) is 2.47. The number of carboxylic acids is 1. The van der Waals surface area contributed by atoms with E-state index in [0.717, 1.165) is 5.56 Å². The Morgan fingerprint density at radius 1 is 1.43 bits per heavy atom. The average molecular weight is 331 g/mol. The molecule has 1 fully saturated rings. The number of amides is 2. The summed E-state index contributed by atoms with van der Waals surface area (Å²) >= 11 is 11.9. The molecule has 2 N–H and O–H groups in total. The Kier molecular flexibility index (Phi) is 4.96. The molecule has 0 bridgehead atoms. The van der Waals surface area contributed by atoms with Crippen LogP contribution in [0.25, 0.3) is 0 Å². The Morgan fingerprint density at radius 3 is 2.76 bits per heavy atom. The van der Waals surface area contributed by atoms with Crippen LogP contribution in [0.3, 0.4) is 0 Å². The van der Waals surface area contributed by atoms with Gasteiger partial charge in [0.1, 0.15) is 6.04 Å². The molecule has 1 aliphatic heterocycles. The van der Waals surface area contributed by atoms with E-state index in [4.69, 9.17) is 28.3 Å². The molecule has 1 heterocycles. The topological polar surface area (TPSA) is 69.6 Å². The predicted molar refractivity (Wildman–Crippen MR) is 80.8 cm³/mol. The van der Waals surface area contributed by atoms with Crippen molar-refractivity contribution in [3.05, 3.63) is 33.8 Å². The van der Waals surface area contributed by atoms with E-state index in [9.17, 15) is 9.59 Å². The molecular weight excluding hydrogens is 315 g/mol. The van der Waals surface area contributed by atoms with Gasteiger partial charge < -0.3 is 15.3 Å². The first-order chi connectivity index (χ1) is 9.90. The first kappa shape index (κ1) is 15.9. The third kappa shape index (κ3) is 3.60. The second kappa shape index (κ2) is 6.54. The molecule has 7 heteroatoms. The quantitative estimate of drug-likeness (QED) is 0.893. The summed E-state index contributed by atoms with van der Waals surface area (Å²) in [4.78, 5) is 24.7. The van der Waals surface area contributed by atoms with Gasteiger partial charge in [-0.1, -0.05) is 29.3 Å². The molecular formula is C14H16Cl2N2O3. The van der Waals surface area contributed by atoms with Crippen LogP contribution in [0.4, 0.5) is 4.79 Å². The maximum Gasteiger partial charge on any atom is 0.326 e. The average Bonchev–Trinajstić information content (AvgIpc) is 2.87. The highest BCUT2D eigenvalue weighted by atomic mass is 35.5. The number of halogens is 2. The number of carboxylic acid groups (broad SMARTS) is 1. The number of aliphatic carboxylic acids is 1. The molecule has 0 saturated carbocycles. The molecule has 1 saturated heterocycles. The highest BCUT2D eigenvalue weighted by Gasteiger charge is 2.34. The van der Waals surface area contributed by atoms with Gasteiger partial charge in [-0.3, -0.25) is 0 Å². The van der Waals surface area contributed by atoms with Crippen LogP contribution >= 0.6 is 23.2 Å². The molecule has 1 aromatic carbocycles. The van der Waals surface area contributed by atoms with Gasteiger partial charge in [0.2, 0.25) is 0 Å². The van der Waals surface area contributed by atoms with Gasteiger partial charge in [0.15, 0.2) is 0 Å². The van der Waals surface area contributed by atoms with Gasteiger partial charge in [-0.15, -0.1) is 0 Å². The van der Waals surface area contributed by atoms with Crippen molar-refractivity contribution < 1.29 is 14.7 Å². The van der Waals surface area contributed by atoms with E-state index in [2.05, 4.69) is 5.32 Å². The summed E-state index contributed by atoms with van der Waals surface area (Å²) in [5.74, 6) is -0.972. The third-order valence-electron chi connectivity index (χ3n) is 3.57. The summed E-state index contributed by atoms with van der Waals surface area (Å²) in [6, 6.07) is 3.57. The maximum absolute atomic E-state index is 12.2. The Balaban J connectivity index is 2.06. The number of hydrogen-bond donors (Lipinski definition) is 2. The lowest BCUT2D eigenvalue weighted by molar-refractivity contribution is -0.141. The van der Waals surface area contributed by atoms with Gasteiger partial charge in [0.05, 0.1) is 6.04 Å². The molecule has 2 rings (SSSR count). The van der Waals surface area contributed by atoms with Gasteiger partial charge in [0, 0.05) is 16.6 Å². The number of carbonyl (C=O) groups excluding carboxylic acids is 1. The second-order valence-electron chi connectivity index (χ2n) is 5.03. The second-order valence-corrected chi connectivity index (χ2v) is 5.87. The van der Waals surface area contributed by atoms with Crippen molar-refractivity contribution in [2.24, 2.45) is 0 Å². The van der Waals surface area contributed by atoms with Gasteiger partial charge >= 0.3 is 12.0 Å². The molecule has 2 amide bonds. The first-order valence-corrected chi connectivity index (χ1v) is 7.40. The molecule has 1 aromatic rings. The summed E-state index contributed by atoms with van der Waals surface area (Å²) in [7, 11) is 0. The number of urea groups is 1. The van der Waals surface area contributed by atoms with Crippen molar-refractivity contribution in [2.45, 2.75) is 31.8 Å². The Hall–Kier alpha value is -1.46. The summed E-state index contributed by atoms with van der Waals surface area (Å²) in [6.45, 7) is 2.24. The number of rotatable bonds is 3. The van der Waals surface area contributed by atoms with Crippen LogP contribution in [0, 0.1) is 0 Å². The molecule has 0 aliphatic carbocycles. The number of likely N-dealkylation sites (tertiary alicyclic amines) is 1. The van der Waals surface area contributed by atoms with E-state index in [1.54, 1.807) is 25.1 Å². The number of carbonyl (C=O) groups is 2. The predicted octanol–water partition coefficient (Wildman–Crippen LogP) is 3.31. The zero-order valence-corrected chi connectivity index (χ0v) is 13.0. The van der Waals surface area contributed by atoms with Crippen LogP contribution in [0.5, 0.6) is 0 Å². The van der Waals surface area contributed by atoms with Crippen molar-refractivity contribution in [1.82, 2.24) is 10.2 Å². The minimum atomic E-state index is -0.972. The first-order valence-electron chi connectivity index (χ1n) is 6.65. The molecule has 0 spiro atoms. The molecule has 1 aliphatic rings. The SMILES string of the molecule is CC(NC(=O)N1CCCC1C(=O)O)c1ccc(Cl)cc1Cl. The number of benzene rings is 1. The Bertz CT molecular complexity index is 565. The highest BCUT2D eigenvalue weighted by molar-refractivity contribution is 6.35. The monoisotopic (exact) mass is 330 g/mol. The Morgan fingerprint density at radius 2 is 2.14 bits per heavy atom. The molecule has 2 atom stereocenters. The molecule has 114 valence electrons.